The molecule has 0 saturated carbocycles. The van der Waals surface area contributed by atoms with E-state index in [1.165, 1.54) is 12.1 Å². The minimum atomic E-state index is -1.05. The summed E-state index contributed by atoms with van der Waals surface area (Å²) in [5.74, 6) is 0.760. The number of rotatable bonds is 4. The predicted molar refractivity (Wildman–Crippen MR) is 76.1 cm³/mol. The number of ether oxygens (including phenoxy) is 2. The Morgan fingerprint density at radius 3 is 2.90 bits per heavy atom. The van der Waals surface area contributed by atoms with E-state index in [-0.39, 0.29) is 17.5 Å². The van der Waals surface area contributed by atoms with E-state index in [0.29, 0.717) is 23.9 Å². The van der Waals surface area contributed by atoms with E-state index in [4.69, 9.17) is 26.2 Å². The van der Waals surface area contributed by atoms with Crippen LogP contribution in [0.15, 0.2) is 30.3 Å². The first-order valence-electron chi connectivity index (χ1n) is 6.15. The summed E-state index contributed by atoms with van der Waals surface area (Å²) in [6.07, 6.45) is 0. The number of carbonyl (C=O) groups is 1. The normalized spacial score (nSPS) is 12.2. The zero-order valence-corrected chi connectivity index (χ0v) is 11.6. The maximum absolute atomic E-state index is 11.0. The van der Waals surface area contributed by atoms with Crippen molar-refractivity contribution in [1.29, 1.82) is 0 Å². The lowest BCUT2D eigenvalue weighted by Gasteiger charge is -2.08. The summed E-state index contributed by atoms with van der Waals surface area (Å²) in [6, 6.07) is 8.31. The molecule has 2 N–H and O–H groups in total. The minimum Gasteiger partial charge on any atom is -0.478 e. The van der Waals surface area contributed by atoms with Gasteiger partial charge in [0.2, 0.25) is 6.79 Å². The molecule has 2 heterocycles. The van der Waals surface area contributed by atoms with Gasteiger partial charge in [0.25, 0.3) is 0 Å². The van der Waals surface area contributed by atoms with Crippen LogP contribution in [-0.2, 0) is 6.54 Å². The standard InChI is InChI=1S/C14H11ClN2O4/c15-12-4-9(14(18)19)5-13(17-12)16-6-8-1-2-10-11(3-8)21-7-20-10/h1-5H,6-7H2,(H,16,17)(H,18,19). The van der Waals surface area contributed by atoms with Gasteiger partial charge in [-0.2, -0.15) is 0 Å². The van der Waals surface area contributed by atoms with Crippen molar-refractivity contribution < 1.29 is 19.4 Å². The molecule has 0 atom stereocenters. The number of carboxylic acid groups (broad SMARTS) is 1. The van der Waals surface area contributed by atoms with Crippen LogP contribution in [0.1, 0.15) is 15.9 Å². The predicted octanol–water partition coefficient (Wildman–Crippen LogP) is 2.77. The molecule has 0 unspecified atom stereocenters. The van der Waals surface area contributed by atoms with Gasteiger partial charge >= 0.3 is 5.97 Å². The zero-order chi connectivity index (χ0) is 14.8. The van der Waals surface area contributed by atoms with Gasteiger partial charge in [-0.05, 0) is 29.8 Å². The van der Waals surface area contributed by atoms with Gasteiger partial charge in [-0.1, -0.05) is 17.7 Å². The van der Waals surface area contributed by atoms with Gasteiger partial charge in [0, 0.05) is 6.54 Å². The minimum absolute atomic E-state index is 0.0863. The molecule has 0 fully saturated rings. The molecule has 0 bridgehead atoms. The average Bonchev–Trinajstić information content (AvgIpc) is 2.92. The number of anilines is 1. The number of nitrogens with zero attached hydrogens (tertiary/aromatic N) is 1. The molecule has 3 rings (SSSR count). The smallest absolute Gasteiger partial charge is 0.335 e. The maximum Gasteiger partial charge on any atom is 0.335 e. The Hall–Kier alpha value is -2.47. The lowest BCUT2D eigenvalue weighted by atomic mass is 10.2. The zero-order valence-electron chi connectivity index (χ0n) is 10.8. The van der Waals surface area contributed by atoms with E-state index in [2.05, 4.69) is 10.3 Å². The fourth-order valence-corrected chi connectivity index (χ4v) is 2.16. The van der Waals surface area contributed by atoms with Crippen LogP contribution < -0.4 is 14.8 Å². The van der Waals surface area contributed by atoms with Crippen molar-refractivity contribution in [2.75, 3.05) is 12.1 Å². The second kappa shape index (κ2) is 5.49. The van der Waals surface area contributed by atoms with E-state index in [1.54, 1.807) is 0 Å². The molecular formula is C14H11ClN2O4. The lowest BCUT2D eigenvalue weighted by molar-refractivity contribution is 0.0697. The molecule has 1 aromatic carbocycles. The summed E-state index contributed by atoms with van der Waals surface area (Å²) >= 11 is 5.80. The fourth-order valence-electron chi connectivity index (χ4n) is 1.95. The molecule has 6 nitrogen and oxygen atoms in total. The summed E-state index contributed by atoms with van der Waals surface area (Å²) in [7, 11) is 0. The molecule has 0 amide bonds. The quantitative estimate of drug-likeness (QED) is 0.845. The molecule has 1 aromatic heterocycles. The van der Waals surface area contributed by atoms with Crippen molar-refractivity contribution in [1.82, 2.24) is 4.98 Å². The van der Waals surface area contributed by atoms with Crippen molar-refractivity contribution >= 4 is 23.4 Å². The van der Waals surface area contributed by atoms with Gasteiger partial charge in [-0.25, -0.2) is 9.78 Å². The number of benzene rings is 1. The monoisotopic (exact) mass is 306 g/mol. The summed E-state index contributed by atoms with van der Waals surface area (Å²) in [6.45, 7) is 0.688. The van der Waals surface area contributed by atoms with Crippen LogP contribution in [0.3, 0.4) is 0 Å². The number of halogens is 1. The van der Waals surface area contributed by atoms with Crippen molar-refractivity contribution in [3.63, 3.8) is 0 Å². The number of fused-ring (bicyclic) bond motifs is 1. The SMILES string of the molecule is O=C(O)c1cc(Cl)nc(NCc2ccc3c(c2)OCO3)c1. The Bertz CT molecular complexity index is 705. The molecule has 0 aliphatic carbocycles. The van der Waals surface area contributed by atoms with Crippen LogP contribution in [0.2, 0.25) is 5.15 Å². The Labute approximate surface area is 125 Å². The van der Waals surface area contributed by atoms with Crippen LogP contribution in [-0.4, -0.2) is 22.9 Å². The Balaban J connectivity index is 1.74. The largest absolute Gasteiger partial charge is 0.478 e. The third-order valence-corrected chi connectivity index (χ3v) is 3.15. The van der Waals surface area contributed by atoms with Gasteiger partial charge in [0.05, 0.1) is 5.56 Å². The molecule has 1 aliphatic rings. The van der Waals surface area contributed by atoms with E-state index in [0.717, 1.165) is 5.56 Å². The fraction of sp³-hybridized carbons (Fsp3) is 0.143. The Morgan fingerprint density at radius 1 is 1.29 bits per heavy atom. The molecular weight excluding hydrogens is 296 g/mol. The van der Waals surface area contributed by atoms with Gasteiger partial charge in [0.1, 0.15) is 11.0 Å². The summed E-state index contributed by atoms with van der Waals surface area (Å²) < 4.78 is 10.5. The molecule has 21 heavy (non-hydrogen) atoms. The topological polar surface area (TPSA) is 80.7 Å². The molecule has 7 heteroatoms. The summed E-state index contributed by atoms with van der Waals surface area (Å²) in [4.78, 5) is 15.0. The van der Waals surface area contributed by atoms with Crippen molar-refractivity contribution in [3.05, 3.63) is 46.6 Å². The Morgan fingerprint density at radius 2 is 2.10 bits per heavy atom. The third-order valence-electron chi connectivity index (χ3n) is 2.95. The number of hydrogen-bond donors (Lipinski definition) is 2. The first-order valence-corrected chi connectivity index (χ1v) is 6.53. The van der Waals surface area contributed by atoms with Gasteiger partial charge in [-0.15, -0.1) is 0 Å². The second-order valence-corrected chi connectivity index (χ2v) is 4.80. The van der Waals surface area contributed by atoms with Crippen LogP contribution in [0.5, 0.6) is 11.5 Å². The van der Waals surface area contributed by atoms with E-state index < -0.39 is 5.97 Å². The molecule has 0 radical (unpaired) electrons. The number of aromatic nitrogens is 1. The number of aromatic carboxylic acids is 1. The van der Waals surface area contributed by atoms with Gasteiger partial charge in [0.15, 0.2) is 11.5 Å². The van der Waals surface area contributed by atoms with Crippen LogP contribution >= 0.6 is 11.6 Å². The molecule has 2 aromatic rings. The summed E-state index contributed by atoms with van der Waals surface area (Å²) in [5.41, 5.74) is 1.04. The highest BCUT2D eigenvalue weighted by atomic mass is 35.5. The van der Waals surface area contributed by atoms with Gasteiger partial charge < -0.3 is 19.9 Å². The van der Waals surface area contributed by atoms with Crippen molar-refractivity contribution in [2.45, 2.75) is 6.54 Å². The molecule has 108 valence electrons. The van der Waals surface area contributed by atoms with Gasteiger partial charge in [-0.3, -0.25) is 0 Å². The van der Waals surface area contributed by atoms with Crippen LogP contribution in [0.4, 0.5) is 5.82 Å². The number of hydrogen-bond acceptors (Lipinski definition) is 5. The highest BCUT2D eigenvalue weighted by Gasteiger charge is 2.13. The Kier molecular flexibility index (Phi) is 3.53. The first kappa shape index (κ1) is 13.5. The van der Waals surface area contributed by atoms with Crippen LogP contribution in [0.25, 0.3) is 0 Å². The number of carboxylic acids is 1. The number of pyridine rings is 1. The third kappa shape index (κ3) is 3.00. The highest BCUT2D eigenvalue weighted by molar-refractivity contribution is 6.29. The average molecular weight is 307 g/mol. The molecule has 1 aliphatic heterocycles. The second-order valence-electron chi connectivity index (χ2n) is 4.41. The van der Waals surface area contributed by atoms with Crippen LogP contribution in [0, 0.1) is 0 Å². The highest BCUT2D eigenvalue weighted by Crippen LogP contribution is 2.32. The van der Waals surface area contributed by atoms with Crippen molar-refractivity contribution in [3.8, 4) is 11.5 Å². The summed E-state index contributed by atoms with van der Waals surface area (Å²) in [5, 5.41) is 12.1. The number of nitrogens with one attached hydrogen (secondary N) is 1. The van der Waals surface area contributed by atoms with E-state index in [9.17, 15) is 4.79 Å². The molecule has 0 saturated heterocycles. The van der Waals surface area contributed by atoms with E-state index in [1.807, 2.05) is 18.2 Å². The maximum atomic E-state index is 11.0. The molecule has 0 spiro atoms. The first-order chi connectivity index (χ1) is 10.1. The lowest BCUT2D eigenvalue weighted by Crippen LogP contribution is -2.04. The van der Waals surface area contributed by atoms with E-state index >= 15 is 0 Å². The van der Waals surface area contributed by atoms with Crippen molar-refractivity contribution in [2.24, 2.45) is 0 Å².